The summed E-state index contributed by atoms with van der Waals surface area (Å²) in [5.74, 6) is 1.07. The summed E-state index contributed by atoms with van der Waals surface area (Å²) in [6.07, 6.45) is 0. The Labute approximate surface area is 118 Å². The molecular formula is C14H20N2O2S. The van der Waals surface area contributed by atoms with Crippen LogP contribution in [-0.4, -0.2) is 55.6 Å². The number of methoxy groups -OCH3 is 1. The largest absolute Gasteiger partial charge is 0.383 e. The molecule has 0 N–H and O–H groups in total. The Morgan fingerprint density at radius 3 is 3.00 bits per heavy atom. The number of likely N-dealkylation sites (tertiary alicyclic amines) is 2. The molecule has 0 unspecified atom stereocenters. The summed E-state index contributed by atoms with van der Waals surface area (Å²) < 4.78 is 5.06. The lowest BCUT2D eigenvalue weighted by Crippen LogP contribution is -2.34. The summed E-state index contributed by atoms with van der Waals surface area (Å²) in [5.41, 5.74) is 0. The van der Waals surface area contributed by atoms with E-state index >= 15 is 0 Å². The van der Waals surface area contributed by atoms with Crippen molar-refractivity contribution in [3.8, 4) is 0 Å². The topological polar surface area (TPSA) is 32.8 Å². The number of carbonyl (C=O) groups excluding carboxylic acids is 1. The quantitative estimate of drug-likeness (QED) is 0.814. The fourth-order valence-corrected chi connectivity index (χ4v) is 3.93. The third-order valence-corrected chi connectivity index (χ3v) is 4.99. The first kappa shape index (κ1) is 13.1. The number of hydrogen-bond acceptors (Lipinski definition) is 4. The molecule has 0 spiro atoms. The van der Waals surface area contributed by atoms with Crippen LogP contribution < -0.4 is 0 Å². The highest BCUT2D eigenvalue weighted by Crippen LogP contribution is 2.33. The SMILES string of the molecule is COCCN1C[C@@H]2CN(Cc3cccs3)C[C@@H]2C1=O. The predicted molar refractivity (Wildman–Crippen MR) is 75.0 cm³/mol. The van der Waals surface area contributed by atoms with Gasteiger partial charge >= 0.3 is 0 Å². The molecule has 0 radical (unpaired) electrons. The summed E-state index contributed by atoms with van der Waals surface area (Å²) in [5, 5.41) is 2.11. The Hall–Kier alpha value is -0.910. The molecule has 4 nitrogen and oxygen atoms in total. The molecule has 3 rings (SSSR count). The van der Waals surface area contributed by atoms with E-state index in [0.717, 1.165) is 32.7 Å². The van der Waals surface area contributed by atoms with Gasteiger partial charge in [0.05, 0.1) is 12.5 Å². The fraction of sp³-hybridized carbons (Fsp3) is 0.643. The van der Waals surface area contributed by atoms with E-state index in [-0.39, 0.29) is 5.92 Å². The molecule has 1 aromatic rings. The summed E-state index contributed by atoms with van der Waals surface area (Å²) in [6, 6.07) is 4.26. The average Bonchev–Trinajstić information content (AvgIpc) is 3.08. The second-order valence-electron chi connectivity index (χ2n) is 5.42. The van der Waals surface area contributed by atoms with Crippen molar-refractivity contribution in [2.24, 2.45) is 11.8 Å². The summed E-state index contributed by atoms with van der Waals surface area (Å²) >= 11 is 1.80. The van der Waals surface area contributed by atoms with E-state index in [9.17, 15) is 4.79 Å². The lowest BCUT2D eigenvalue weighted by atomic mass is 10.0. The molecule has 104 valence electrons. The van der Waals surface area contributed by atoms with Crippen LogP contribution in [0.1, 0.15) is 4.88 Å². The number of fused-ring (bicyclic) bond motifs is 1. The molecule has 2 atom stereocenters. The van der Waals surface area contributed by atoms with Crippen LogP contribution in [0.25, 0.3) is 0 Å². The van der Waals surface area contributed by atoms with Crippen LogP contribution in [0, 0.1) is 11.8 Å². The van der Waals surface area contributed by atoms with Crippen molar-refractivity contribution in [1.82, 2.24) is 9.80 Å². The molecule has 2 aliphatic rings. The summed E-state index contributed by atoms with van der Waals surface area (Å²) in [6.45, 7) is 5.27. The number of rotatable bonds is 5. The number of hydrogen-bond donors (Lipinski definition) is 0. The van der Waals surface area contributed by atoms with Gasteiger partial charge in [-0.25, -0.2) is 0 Å². The van der Waals surface area contributed by atoms with Crippen LogP contribution in [0.3, 0.4) is 0 Å². The van der Waals surface area contributed by atoms with Gasteiger partial charge in [0.1, 0.15) is 0 Å². The minimum Gasteiger partial charge on any atom is -0.383 e. The molecule has 2 fully saturated rings. The Morgan fingerprint density at radius 2 is 2.32 bits per heavy atom. The average molecular weight is 280 g/mol. The maximum absolute atomic E-state index is 12.3. The van der Waals surface area contributed by atoms with Gasteiger partial charge < -0.3 is 9.64 Å². The van der Waals surface area contributed by atoms with E-state index in [1.165, 1.54) is 4.88 Å². The molecule has 1 aromatic heterocycles. The van der Waals surface area contributed by atoms with E-state index in [0.29, 0.717) is 18.4 Å². The zero-order valence-corrected chi connectivity index (χ0v) is 12.1. The van der Waals surface area contributed by atoms with Gasteiger partial charge in [0, 0.05) is 50.6 Å². The molecule has 0 saturated carbocycles. The maximum Gasteiger partial charge on any atom is 0.227 e. The summed E-state index contributed by atoms with van der Waals surface area (Å²) in [7, 11) is 1.68. The van der Waals surface area contributed by atoms with Crippen LogP contribution >= 0.6 is 11.3 Å². The van der Waals surface area contributed by atoms with Crippen LogP contribution in [0.2, 0.25) is 0 Å². The van der Waals surface area contributed by atoms with Crippen molar-refractivity contribution in [3.63, 3.8) is 0 Å². The van der Waals surface area contributed by atoms with Gasteiger partial charge in [0.2, 0.25) is 5.91 Å². The number of carbonyl (C=O) groups is 1. The summed E-state index contributed by atoms with van der Waals surface area (Å²) in [4.78, 5) is 18.1. The molecule has 2 saturated heterocycles. The number of nitrogens with zero attached hydrogens (tertiary/aromatic N) is 2. The standard InChI is InChI=1S/C14H20N2O2S/c1-18-5-4-16-8-11-7-15(10-13(11)14(16)17)9-12-3-2-6-19-12/h2-3,6,11,13H,4-5,7-10H2,1H3/t11-,13-/m0/s1. The molecule has 5 heteroatoms. The Morgan fingerprint density at radius 1 is 1.42 bits per heavy atom. The van der Waals surface area contributed by atoms with Crippen molar-refractivity contribution >= 4 is 17.2 Å². The zero-order chi connectivity index (χ0) is 13.2. The minimum absolute atomic E-state index is 0.219. The molecule has 3 heterocycles. The van der Waals surface area contributed by atoms with E-state index in [1.807, 2.05) is 4.90 Å². The molecule has 0 bridgehead atoms. The molecule has 19 heavy (non-hydrogen) atoms. The molecule has 0 aliphatic carbocycles. The highest BCUT2D eigenvalue weighted by atomic mass is 32.1. The van der Waals surface area contributed by atoms with Gasteiger partial charge in [-0.2, -0.15) is 0 Å². The van der Waals surface area contributed by atoms with Gasteiger partial charge in [0.15, 0.2) is 0 Å². The molecule has 0 aromatic carbocycles. The number of ether oxygens (including phenoxy) is 1. The maximum atomic E-state index is 12.3. The minimum atomic E-state index is 0.219. The third-order valence-electron chi connectivity index (χ3n) is 4.13. The van der Waals surface area contributed by atoms with Crippen LogP contribution in [0.4, 0.5) is 0 Å². The molecule has 2 aliphatic heterocycles. The Kier molecular flexibility index (Phi) is 3.86. The monoisotopic (exact) mass is 280 g/mol. The van der Waals surface area contributed by atoms with Gasteiger partial charge in [-0.05, 0) is 11.4 Å². The number of thiophene rings is 1. The van der Waals surface area contributed by atoms with E-state index in [4.69, 9.17) is 4.74 Å². The smallest absolute Gasteiger partial charge is 0.227 e. The first-order valence-corrected chi connectivity index (χ1v) is 7.68. The van der Waals surface area contributed by atoms with E-state index < -0.39 is 0 Å². The Bertz CT molecular complexity index is 435. The van der Waals surface area contributed by atoms with Crippen molar-refractivity contribution in [1.29, 1.82) is 0 Å². The van der Waals surface area contributed by atoms with Crippen LogP contribution in [0.5, 0.6) is 0 Å². The molecular weight excluding hydrogens is 260 g/mol. The lowest BCUT2D eigenvalue weighted by Gasteiger charge is -2.20. The second-order valence-corrected chi connectivity index (χ2v) is 6.45. The third kappa shape index (κ3) is 2.68. The second kappa shape index (κ2) is 5.61. The van der Waals surface area contributed by atoms with Crippen molar-refractivity contribution < 1.29 is 9.53 Å². The first-order valence-electron chi connectivity index (χ1n) is 6.80. The van der Waals surface area contributed by atoms with Crippen LogP contribution in [-0.2, 0) is 16.1 Å². The van der Waals surface area contributed by atoms with Gasteiger partial charge in [-0.15, -0.1) is 11.3 Å². The number of amides is 1. The highest BCUT2D eigenvalue weighted by Gasteiger charge is 2.45. The van der Waals surface area contributed by atoms with Gasteiger partial charge in [-0.3, -0.25) is 9.69 Å². The fourth-order valence-electron chi connectivity index (χ4n) is 3.19. The van der Waals surface area contributed by atoms with E-state index in [2.05, 4.69) is 22.4 Å². The predicted octanol–water partition coefficient (Wildman–Crippen LogP) is 1.28. The highest BCUT2D eigenvalue weighted by molar-refractivity contribution is 7.09. The molecule has 1 amide bonds. The van der Waals surface area contributed by atoms with Crippen molar-refractivity contribution in [2.45, 2.75) is 6.54 Å². The zero-order valence-electron chi connectivity index (χ0n) is 11.2. The normalized spacial score (nSPS) is 27.2. The van der Waals surface area contributed by atoms with Crippen molar-refractivity contribution in [3.05, 3.63) is 22.4 Å². The van der Waals surface area contributed by atoms with Crippen molar-refractivity contribution in [2.75, 3.05) is 39.9 Å². The van der Waals surface area contributed by atoms with Gasteiger partial charge in [-0.1, -0.05) is 6.07 Å². The van der Waals surface area contributed by atoms with Gasteiger partial charge in [0.25, 0.3) is 0 Å². The lowest BCUT2D eigenvalue weighted by molar-refractivity contribution is -0.131. The van der Waals surface area contributed by atoms with E-state index in [1.54, 1.807) is 18.4 Å². The van der Waals surface area contributed by atoms with Crippen LogP contribution in [0.15, 0.2) is 17.5 Å². The first-order chi connectivity index (χ1) is 9.28. The Balaban J connectivity index is 1.55.